The predicted molar refractivity (Wildman–Crippen MR) is 132 cm³/mol. The van der Waals surface area contributed by atoms with Crippen molar-refractivity contribution in [2.75, 3.05) is 7.05 Å². The highest BCUT2D eigenvalue weighted by Crippen LogP contribution is 2.38. The van der Waals surface area contributed by atoms with E-state index in [1.807, 2.05) is 18.2 Å². The van der Waals surface area contributed by atoms with Gasteiger partial charge in [-0.1, -0.05) is 43.2 Å². The highest BCUT2D eigenvalue weighted by molar-refractivity contribution is 5.99. The monoisotopic (exact) mass is 525 g/mol. The molecule has 1 aliphatic carbocycles. The number of nitrogens with zero attached hydrogens (tertiary/aromatic N) is 2. The smallest absolute Gasteiger partial charge is 0.274 e. The van der Waals surface area contributed by atoms with Gasteiger partial charge >= 0.3 is 0 Å². The number of nitrogens with one attached hydrogen (secondary N) is 1. The Morgan fingerprint density at radius 3 is 2.37 bits per heavy atom. The van der Waals surface area contributed by atoms with Gasteiger partial charge in [0.2, 0.25) is 5.43 Å². The van der Waals surface area contributed by atoms with Crippen LogP contribution in [0.2, 0.25) is 0 Å². The molecule has 198 valence electrons. The molecule has 0 saturated heterocycles. The normalized spacial score (nSPS) is 18.5. The first-order valence-corrected chi connectivity index (χ1v) is 12.4. The molecule has 1 aliphatic heterocycles. The van der Waals surface area contributed by atoms with E-state index in [1.165, 1.54) is 6.20 Å². The molecule has 10 heteroatoms. The summed E-state index contributed by atoms with van der Waals surface area (Å²) in [6.45, 7) is -0.614. The molecule has 1 fully saturated rings. The lowest BCUT2D eigenvalue weighted by molar-refractivity contribution is 0.0503. The maximum Gasteiger partial charge on any atom is 0.274 e. The Labute approximate surface area is 216 Å². The van der Waals surface area contributed by atoms with E-state index in [1.54, 1.807) is 28.6 Å². The molecule has 0 spiro atoms. The van der Waals surface area contributed by atoms with Gasteiger partial charge in [-0.3, -0.25) is 14.4 Å². The lowest BCUT2D eigenvalue weighted by Gasteiger charge is -2.44. The fourth-order valence-electron chi connectivity index (χ4n) is 5.29. The average molecular weight is 526 g/mol. The molecular formula is C28H26F3N3O4. The van der Waals surface area contributed by atoms with E-state index in [-0.39, 0.29) is 41.6 Å². The second-order valence-corrected chi connectivity index (χ2v) is 9.60. The summed E-state index contributed by atoms with van der Waals surface area (Å²) in [5.74, 6) is -4.92. The van der Waals surface area contributed by atoms with Crippen LogP contribution < -0.4 is 15.5 Å². The van der Waals surface area contributed by atoms with Crippen LogP contribution in [-0.2, 0) is 13.2 Å². The maximum absolute atomic E-state index is 14.1. The molecule has 2 aromatic carbocycles. The van der Waals surface area contributed by atoms with Crippen LogP contribution in [0.5, 0.6) is 5.75 Å². The van der Waals surface area contributed by atoms with Crippen LogP contribution in [0.15, 0.2) is 53.5 Å². The average Bonchev–Trinajstić information content (AvgIpc) is 2.90. The molecule has 0 bridgehead atoms. The fraction of sp³-hybridized carbons (Fsp3) is 0.321. The highest BCUT2D eigenvalue weighted by atomic mass is 19.1. The van der Waals surface area contributed by atoms with E-state index in [9.17, 15) is 27.6 Å². The lowest BCUT2D eigenvalue weighted by Crippen LogP contribution is -2.51. The van der Waals surface area contributed by atoms with E-state index in [4.69, 9.17) is 4.74 Å². The van der Waals surface area contributed by atoms with E-state index in [0.29, 0.717) is 12.1 Å². The molecule has 2 aliphatic rings. The number of pyridine rings is 1. The van der Waals surface area contributed by atoms with E-state index in [0.717, 1.165) is 31.2 Å². The minimum Gasteiger partial charge on any atom is -0.483 e. The van der Waals surface area contributed by atoms with E-state index < -0.39 is 40.9 Å². The Bertz CT molecular complexity index is 1430. The largest absolute Gasteiger partial charge is 0.483 e. The predicted octanol–water partition coefficient (Wildman–Crippen LogP) is 4.34. The van der Waals surface area contributed by atoms with Gasteiger partial charge < -0.3 is 19.5 Å². The SMILES string of the molecule is CN1C(=O)c2c(OCc3ccccc3)c(=O)c(C(=O)NCc3c(F)cc(F)cc3F)cn2[C@H]2CCCC[C@@H]21. The zero-order chi connectivity index (χ0) is 27.0. The van der Waals surface area contributed by atoms with Crippen molar-refractivity contribution in [3.63, 3.8) is 0 Å². The van der Waals surface area contributed by atoms with Crippen LogP contribution in [0, 0.1) is 17.5 Å². The molecular weight excluding hydrogens is 499 g/mol. The minimum absolute atomic E-state index is 0.00869. The summed E-state index contributed by atoms with van der Waals surface area (Å²) in [7, 11) is 1.70. The summed E-state index contributed by atoms with van der Waals surface area (Å²) >= 11 is 0. The number of rotatable bonds is 6. The first-order chi connectivity index (χ1) is 18.3. The summed E-state index contributed by atoms with van der Waals surface area (Å²) in [5, 5.41) is 2.35. The number of benzene rings is 2. The van der Waals surface area contributed by atoms with E-state index >= 15 is 0 Å². The standard InChI is InChI=1S/C28H26F3N3O4/c1-33-22-9-5-6-10-23(22)34-14-19(27(36)32-13-18-20(30)11-17(29)12-21(18)31)25(35)26(24(34)28(33)37)38-15-16-7-3-2-4-8-16/h2-4,7-8,11-12,14,22-23H,5-6,9-10,13,15H2,1H3,(H,32,36)/t22-,23-/m0/s1. The summed E-state index contributed by atoms with van der Waals surface area (Å²) in [6.07, 6.45) is 4.73. The van der Waals surface area contributed by atoms with Crippen molar-refractivity contribution in [3.05, 3.63) is 98.7 Å². The van der Waals surface area contributed by atoms with Gasteiger partial charge in [0.25, 0.3) is 11.8 Å². The van der Waals surface area contributed by atoms with Crippen molar-refractivity contribution in [3.8, 4) is 5.75 Å². The van der Waals surface area contributed by atoms with Crippen LogP contribution in [-0.4, -0.2) is 34.4 Å². The van der Waals surface area contributed by atoms with E-state index in [2.05, 4.69) is 5.32 Å². The lowest BCUT2D eigenvalue weighted by atomic mass is 9.86. The van der Waals surface area contributed by atoms with Crippen molar-refractivity contribution in [2.45, 2.75) is 50.9 Å². The number of fused-ring (bicyclic) bond motifs is 3. The van der Waals surface area contributed by atoms with Gasteiger partial charge in [0.05, 0.1) is 12.1 Å². The molecule has 2 atom stereocenters. The molecule has 2 heterocycles. The number of ether oxygens (including phenoxy) is 1. The number of hydrogen-bond acceptors (Lipinski definition) is 4. The number of aromatic nitrogens is 1. The third kappa shape index (κ3) is 4.66. The van der Waals surface area contributed by atoms with Crippen molar-refractivity contribution in [2.24, 2.45) is 0 Å². The Morgan fingerprint density at radius 2 is 1.68 bits per heavy atom. The molecule has 1 aromatic heterocycles. The number of likely N-dealkylation sites (N-methyl/N-ethyl adjacent to an activating group) is 1. The van der Waals surface area contributed by atoms with Crippen LogP contribution in [0.25, 0.3) is 0 Å². The molecule has 2 amide bonds. The van der Waals surface area contributed by atoms with Gasteiger partial charge in [0, 0.05) is 37.5 Å². The summed E-state index contributed by atoms with van der Waals surface area (Å²) < 4.78 is 49.0. The summed E-state index contributed by atoms with van der Waals surface area (Å²) in [6, 6.07) is 9.81. The van der Waals surface area contributed by atoms with Gasteiger partial charge in [-0.25, -0.2) is 13.2 Å². The minimum atomic E-state index is -1.16. The summed E-state index contributed by atoms with van der Waals surface area (Å²) in [4.78, 5) is 41.7. The summed E-state index contributed by atoms with van der Waals surface area (Å²) in [5.41, 5.74) is -0.830. The van der Waals surface area contributed by atoms with Gasteiger partial charge in [-0.2, -0.15) is 0 Å². The number of carbonyl (C=O) groups is 2. The van der Waals surface area contributed by atoms with Crippen molar-refractivity contribution in [1.29, 1.82) is 0 Å². The number of halogens is 3. The van der Waals surface area contributed by atoms with Crippen molar-refractivity contribution < 1.29 is 27.5 Å². The molecule has 7 nitrogen and oxygen atoms in total. The highest BCUT2D eigenvalue weighted by Gasteiger charge is 2.42. The zero-order valence-corrected chi connectivity index (χ0v) is 20.7. The van der Waals surface area contributed by atoms with Gasteiger partial charge in [-0.15, -0.1) is 0 Å². The van der Waals surface area contributed by atoms with Crippen molar-refractivity contribution >= 4 is 11.8 Å². The molecule has 1 N–H and O–H groups in total. The van der Waals surface area contributed by atoms with Gasteiger partial charge in [0.15, 0.2) is 11.4 Å². The molecule has 5 rings (SSSR count). The van der Waals surface area contributed by atoms with Crippen LogP contribution in [0.4, 0.5) is 13.2 Å². The maximum atomic E-state index is 14.1. The van der Waals surface area contributed by atoms with Gasteiger partial charge in [0.1, 0.15) is 29.6 Å². The van der Waals surface area contributed by atoms with Crippen LogP contribution >= 0.6 is 0 Å². The van der Waals surface area contributed by atoms with Crippen LogP contribution in [0.3, 0.4) is 0 Å². The molecule has 1 saturated carbocycles. The molecule has 38 heavy (non-hydrogen) atoms. The Hall–Kier alpha value is -4.08. The number of carbonyl (C=O) groups excluding carboxylic acids is 2. The first-order valence-electron chi connectivity index (χ1n) is 12.4. The Kier molecular flexibility index (Phi) is 6.96. The third-order valence-corrected chi connectivity index (χ3v) is 7.27. The van der Waals surface area contributed by atoms with Crippen molar-refractivity contribution in [1.82, 2.24) is 14.8 Å². The zero-order valence-electron chi connectivity index (χ0n) is 20.7. The van der Waals surface area contributed by atoms with Crippen LogP contribution in [0.1, 0.15) is 63.7 Å². The number of hydrogen-bond donors (Lipinski definition) is 1. The molecule has 0 unspecified atom stereocenters. The molecule has 3 aromatic rings. The second kappa shape index (κ2) is 10.4. The number of amides is 2. The van der Waals surface area contributed by atoms with Gasteiger partial charge in [-0.05, 0) is 18.4 Å². The first kappa shape index (κ1) is 25.6. The third-order valence-electron chi connectivity index (χ3n) is 7.27. The Morgan fingerprint density at radius 1 is 1.03 bits per heavy atom. The Balaban J connectivity index is 1.54. The quantitative estimate of drug-likeness (QED) is 0.519. The topological polar surface area (TPSA) is 80.6 Å². The molecule has 0 radical (unpaired) electrons. The second-order valence-electron chi connectivity index (χ2n) is 9.60. The fourth-order valence-corrected chi connectivity index (χ4v) is 5.29.